The van der Waals surface area contributed by atoms with E-state index in [0.717, 1.165) is 31.2 Å². The van der Waals surface area contributed by atoms with Crippen LogP contribution in [0.25, 0.3) is 0 Å². The van der Waals surface area contributed by atoms with Crippen molar-refractivity contribution in [2.45, 2.75) is 46.5 Å². The molecule has 0 aromatic heterocycles. The lowest BCUT2D eigenvalue weighted by Gasteiger charge is -2.14. The zero-order chi connectivity index (χ0) is 12.7. The normalized spacial score (nSPS) is 12.2. The number of hydrogen-bond acceptors (Lipinski definition) is 2. The van der Waals surface area contributed by atoms with E-state index in [2.05, 4.69) is 6.92 Å². The van der Waals surface area contributed by atoms with Crippen LogP contribution in [0.5, 0.6) is 5.75 Å². The van der Waals surface area contributed by atoms with Crippen molar-refractivity contribution in [2.75, 3.05) is 0 Å². The third-order valence-corrected chi connectivity index (χ3v) is 3.04. The summed E-state index contributed by atoms with van der Waals surface area (Å²) in [5.41, 5.74) is 1.01. The molecule has 1 aromatic rings. The molecule has 0 spiro atoms. The van der Waals surface area contributed by atoms with Crippen LogP contribution in [0.2, 0.25) is 0 Å². The van der Waals surface area contributed by atoms with Crippen molar-refractivity contribution in [3.63, 3.8) is 0 Å². The lowest BCUT2D eigenvalue weighted by Crippen LogP contribution is -2.20. The Bertz CT molecular complexity index is 358. The predicted molar refractivity (Wildman–Crippen MR) is 70.1 cm³/mol. The van der Waals surface area contributed by atoms with E-state index >= 15 is 0 Å². The molecule has 0 aliphatic rings. The molecule has 1 aromatic carbocycles. The molecule has 0 aliphatic heterocycles. The Hall–Kier alpha value is -1.31. The van der Waals surface area contributed by atoms with E-state index in [1.165, 1.54) is 0 Å². The number of hydrogen-bond donors (Lipinski definition) is 0. The van der Waals surface area contributed by atoms with Gasteiger partial charge in [-0.2, -0.15) is 0 Å². The van der Waals surface area contributed by atoms with Crippen LogP contribution in [0.15, 0.2) is 24.3 Å². The number of benzene rings is 1. The molecule has 1 unspecified atom stereocenters. The smallest absolute Gasteiger partial charge is 0.314 e. The van der Waals surface area contributed by atoms with Crippen molar-refractivity contribution in [2.24, 2.45) is 5.92 Å². The minimum Gasteiger partial charge on any atom is -0.426 e. The summed E-state index contributed by atoms with van der Waals surface area (Å²) in [6.45, 7) is 6.13. The van der Waals surface area contributed by atoms with E-state index < -0.39 is 0 Å². The van der Waals surface area contributed by atoms with Gasteiger partial charge in [0, 0.05) is 0 Å². The first kappa shape index (κ1) is 13.8. The van der Waals surface area contributed by atoms with Crippen molar-refractivity contribution in [3.05, 3.63) is 29.8 Å². The summed E-state index contributed by atoms with van der Waals surface area (Å²) in [5.74, 6) is 0.636. The lowest BCUT2D eigenvalue weighted by molar-refractivity contribution is -0.139. The summed E-state index contributed by atoms with van der Waals surface area (Å²) >= 11 is 0. The minimum atomic E-state index is -0.0877. The fourth-order valence-electron chi connectivity index (χ4n) is 1.80. The highest BCUT2D eigenvalue weighted by atomic mass is 16.5. The first-order chi connectivity index (χ1) is 8.19. The van der Waals surface area contributed by atoms with Crippen molar-refractivity contribution in [3.8, 4) is 5.75 Å². The average Bonchev–Trinajstić information content (AvgIpc) is 2.33. The second-order valence-corrected chi connectivity index (χ2v) is 4.43. The van der Waals surface area contributed by atoms with Crippen LogP contribution in [-0.4, -0.2) is 5.97 Å². The molecule has 2 heteroatoms. The van der Waals surface area contributed by atoms with E-state index in [1.807, 2.05) is 38.1 Å². The summed E-state index contributed by atoms with van der Waals surface area (Å²) in [5, 5.41) is 0. The third kappa shape index (κ3) is 4.22. The molecule has 17 heavy (non-hydrogen) atoms. The van der Waals surface area contributed by atoms with Crippen molar-refractivity contribution < 1.29 is 9.53 Å². The van der Waals surface area contributed by atoms with Gasteiger partial charge in [0.15, 0.2) is 0 Å². The van der Waals surface area contributed by atoms with Crippen LogP contribution in [0.1, 0.15) is 45.1 Å². The van der Waals surface area contributed by atoms with E-state index in [0.29, 0.717) is 5.75 Å². The topological polar surface area (TPSA) is 26.3 Å². The molecule has 0 radical (unpaired) electrons. The fraction of sp³-hybridized carbons (Fsp3) is 0.533. The molecule has 0 aliphatic carbocycles. The van der Waals surface area contributed by atoms with E-state index in [1.54, 1.807) is 0 Å². The van der Waals surface area contributed by atoms with Gasteiger partial charge in [0.05, 0.1) is 5.92 Å². The molecule has 0 N–H and O–H groups in total. The molecule has 2 nitrogen and oxygen atoms in total. The maximum atomic E-state index is 12.0. The monoisotopic (exact) mass is 234 g/mol. The summed E-state index contributed by atoms with van der Waals surface area (Å²) in [6.07, 6.45) is 3.98. The van der Waals surface area contributed by atoms with E-state index in [-0.39, 0.29) is 11.9 Å². The summed E-state index contributed by atoms with van der Waals surface area (Å²) in [6, 6.07) is 7.64. The summed E-state index contributed by atoms with van der Waals surface area (Å²) in [4.78, 5) is 12.0. The molecule has 0 fully saturated rings. The van der Waals surface area contributed by atoms with Gasteiger partial charge in [-0.25, -0.2) is 0 Å². The standard InChI is InChI=1S/C15H22O2/c1-4-6-10-13(5-2)15(16)17-14-11-8-7-9-12(14)3/h7-9,11,13H,4-6,10H2,1-3H3. The Kier molecular flexibility index (Phi) is 5.75. The number of carbonyl (C=O) groups is 1. The Morgan fingerprint density at radius 1 is 1.29 bits per heavy atom. The van der Waals surface area contributed by atoms with E-state index in [4.69, 9.17) is 4.74 Å². The Morgan fingerprint density at radius 2 is 2.00 bits per heavy atom. The molecule has 0 saturated heterocycles. The van der Waals surface area contributed by atoms with Gasteiger partial charge in [0.1, 0.15) is 5.75 Å². The van der Waals surface area contributed by atoms with Crippen molar-refractivity contribution in [1.82, 2.24) is 0 Å². The zero-order valence-corrected chi connectivity index (χ0v) is 11.0. The van der Waals surface area contributed by atoms with Crippen molar-refractivity contribution in [1.29, 1.82) is 0 Å². The maximum absolute atomic E-state index is 12.0. The van der Waals surface area contributed by atoms with Crippen LogP contribution >= 0.6 is 0 Å². The van der Waals surface area contributed by atoms with E-state index in [9.17, 15) is 4.79 Å². The highest BCUT2D eigenvalue weighted by Gasteiger charge is 2.18. The number of rotatable bonds is 6. The molecule has 0 heterocycles. The zero-order valence-electron chi connectivity index (χ0n) is 11.0. The van der Waals surface area contributed by atoms with Crippen LogP contribution in [0.4, 0.5) is 0 Å². The molecule has 1 rings (SSSR count). The highest BCUT2D eigenvalue weighted by molar-refractivity contribution is 5.75. The van der Waals surface area contributed by atoms with Gasteiger partial charge < -0.3 is 4.74 Å². The first-order valence-corrected chi connectivity index (χ1v) is 6.46. The Labute approximate surface area is 104 Å². The predicted octanol–water partition coefficient (Wildman–Crippen LogP) is 4.12. The van der Waals surface area contributed by atoms with Gasteiger partial charge >= 0.3 is 5.97 Å². The number of esters is 1. The molecule has 0 bridgehead atoms. The third-order valence-electron chi connectivity index (χ3n) is 3.04. The number of unbranched alkanes of at least 4 members (excludes halogenated alkanes) is 1. The van der Waals surface area contributed by atoms with Gasteiger partial charge in [0.2, 0.25) is 0 Å². The van der Waals surface area contributed by atoms with Crippen LogP contribution in [-0.2, 0) is 4.79 Å². The van der Waals surface area contributed by atoms with Gasteiger partial charge in [-0.3, -0.25) is 4.79 Å². The fourth-order valence-corrected chi connectivity index (χ4v) is 1.80. The number of ether oxygens (including phenoxy) is 1. The SMILES string of the molecule is CCCCC(CC)C(=O)Oc1ccccc1C. The minimum absolute atomic E-state index is 0.0366. The van der Waals surface area contributed by atoms with Crippen LogP contribution < -0.4 is 4.74 Å². The average molecular weight is 234 g/mol. The maximum Gasteiger partial charge on any atom is 0.314 e. The quantitative estimate of drug-likeness (QED) is 0.546. The Morgan fingerprint density at radius 3 is 2.59 bits per heavy atom. The number of carbonyl (C=O) groups excluding carboxylic acids is 1. The second kappa shape index (κ2) is 7.10. The second-order valence-electron chi connectivity index (χ2n) is 4.43. The van der Waals surface area contributed by atoms with Crippen molar-refractivity contribution >= 4 is 5.97 Å². The van der Waals surface area contributed by atoms with Gasteiger partial charge in [0.25, 0.3) is 0 Å². The highest BCUT2D eigenvalue weighted by Crippen LogP contribution is 2.20. The van der Waals surface area contributed by atoms with Gasteiger partial charge in [-0.05, 0) is 31.4 Å². The molecule has 0 amide bonds. The first-order valence-electron chi connectivity index (χ1n) is 6.46. The molecule has 1 atom stereocenters. The summed E-state index contributed by atoms with van der Waals surface area (Å²) < 4.78 is 5.46. The summed E-state index contributed by atoms with van der Waals surface area (Å²) in [7, 11) is 0. The molecule has 94 valence electrons. The largest absolute Gasteiger partial charge is 0.426 e. The van der Waals surface area contributed by atoms with Crippen LogP contribution in [0.3, 0.4) is 0 Å². The number of para-hydroxylation sites is 1. The molecule has 0 saturated carbocycles. The molecular weight excluding hydrogens is 212 g/mol. The van der Waals surface area contributed by atoms with Crippen LogP contribution in [0, 0.1) is 12.8 Å². The lowest BCUT2D eigenvalue weighted by atomic mass is 10.00. The number of aryl methyl sites for hydroxylation is 1. The Balaban J connectivity index is 2.61. The van der Waals surface area contributed by atoms with Gasteiger partial charge in [-0.1, -0.05) is 44.9 Å². The molecular formula is C15H22O2. The van der Waals surface area contributed by atoms with Gasteiger partial charge in [-0.15, -0.1) is 0 Å².